The summed E-state index contributed by atoms with van der Waals surface area (Å²) in [7, 11) is 0. The molecule has 1 N–H and O–H groups in total. The van der Waals surface area contributed by atoms with Crippen LogP contribution in [0.4, 0.5) is 8.78 Å². The summed E-state index contributed by atoms with van der Waals surface area (Å²) in [6, 6.07) is 8.44. The molecule has 0 spiro atoms. The molecule has 4 nitrogen and oxygen atoms in total. The lowest BCUT2D eigenvalue weighted by molar-refractivity contribution is 0.0945. The number of benzene rings is 1. The third-order valence-electron chi connectivity index (χ3n) is 2.63. The molecule has 2 rings (SSSR count). The molecule has 0 saturated heterocycles. The van der Waals surface area contributed by atoms with Crippen molar-refractivity contribution in [3.05, 3.63) is 65.0 Å². The van der Waals surface area contributed by atoms with Gasteiger partial charge in [0.15, 0.2) is 0 Å². The first-order valence-corrected chi connectivity index (χ1v) is 5.69. The van der Waals surface area contributed by atoms with Crippen LogP contribution in [0.5, 0.6) is 0 Å². The van der Waals surface area contributed by atoms with Crippen molar-refractivity contribution in [3.8, 4) is 6.07 Å². The first-order chi connectivity index (χ1) is 9.61. The van der Waals surface area contributed by atoms with E-state index in [1.807, 2.05) is 6.07 Å². The Morgan fingerprint density at radius 2 is 2.15 bits per heavy atom. The van der Waals surface area contributed by atoms with Crippen LogP contribution < -0.4 is 5.32 Å². The van der Waals surface area contributed by atoms with E-state index in [0.29, 0.717) is 0 Å². The molecule has 0 aliphatic carbocycles. The lowest BCUT2D eigenvalue weighted by Crippen LogP contribution is -2.24. The summed E-state index contributed by atoms with van der Waals surface area (Å²) in [6.07, 6.45) is 1.23. The van der Waals surface area contributed by atoms with Crippen molar-refractivity contribution in [1.82, 2.24) is 10.3 Å². The fraction of sp³-hybridized carbons (Fsp3) is 0.0714. The Labute approximate surface area is 113 Å². The average molecular weight is 273 g/mol. The summed E-state index contributed by atoms with van der Waals surface area (Å²) in [5.74, 6) is -2.17. The quantitative estimate of drug-likeness (QED) is 0.871. The number of nitriles is 1. The van der Waals surface area contributed by atoms with E-state index in [2.05, 4.69) is 10.3 Å². The number of aromatic nitrogens is 1. The molecule has 20 heavy (non-hydrogen) atoms. The number of carbonyl (C=O) groups is 1. The van der Waals surface area contributed by atoms with Gasteiger partial charge in [-0.2, -0.15) is 9.65 Å². The minimum Gasteiger partial charge on any atom is -0.348 e. The van der Waals surface area contributed by atoms with Crippen molar-refractivity contribution in [3.63, 3.8) is 0 Å². The molecular formula is C14H9F2N3O. The van der Waals surface area contributed by atoms with E-state index >= 15 is 0 Å². The summed E-state index contributed by atoms with van der Waals surface area (Å²) >= 11 is 0. The zero-order valence-electron chi connectivity index (χ0n) is 10.2. The fourth-order valence-corrected chi connectivity index (χ4v) is 1.59. The van der Waals surface area contributed by atoms with Crippen LogP contribution in [0.25, 0.3) is 0 Å². The van der Waals surface area contributed by atoms with E-state index in [0.717, 1.165) is 6.07 Å². The van der Waals surface area contributed by atoms with Crippen molar-refractivity contribution in [2.75, 3.05) is 0 Å². The zero-order valence-corrected chi connectivity index (χ0v) is 10.2. The topological polar surface area (TPSA) is 65.8 Å². The second-order valence-electron chi connectivity index (χ2n) is 3.94. The molecule has 0 aliphatic heterocycles. The molecule has 2 aromatic rings. The lowest BCUT2D eigenvalue weighted by Gasteiger charge is -2.06. The van der Waals surface area contributed by atoms with Gasteiger partial charge in [-0.3, -0.25) is 4.79 Å². The molecule has 0 fully saturated rings. The van der Waals surface area contributed by atoms with Crippen molar-refractivity contribution >= 4 is 5.91 Å². The average Bonchev–Trinajstić information content (AvgIpc) is 2.46. The molecule has 0 bridgehead atoms. The van der Waals surface area contributed by atoms with Crippen molar-refractivity contribution < 1.29 is 13.6 Å². The highest BCUT2D eigenvalue weighted by Gasteiger charge is 2.12. The van der Waals surface area contributed by atoms with Gasteiger partial charge in [0.1, 0.15) is 5.82 Å². The first kappa shape index (κ1) is 13.6. The second kappa shape index (κ2) is 5.89. The van der Waals surface area contributed by atoms with E-state index in [-0.39, 0.29) is 23.2 Å². The summed E-state index contributed by atoms with van der Waals surface area (Å²) in [6.45, 7) is -0.106. The van der Waals surface area contributed by atoms with Gasteiger partial charge < -0.3 is 5.32 Å². The molecule has 1 amide bonds. The molecule has 6 heteroatoms. The van der Waals surface area contributed by atoms with E-state index in [1.165, 1.54) is 30.5 Å². The molecule has 0 aliphatic rings. The highest BCUT2D eigenvalue weighted by molar-refractivity contribution is 5.94. The number of amides is 1. The van der Waals surface area contributed by atoms with Crippen LogP contribution in [0.1, 0.15) is 21.5 Å². The van der Waals surface area contributed by atoms with E-state index < -0.39 is 17.7 Å². The van der Waals surface area contributed by atoms with Gasteiger partial charge in [-0.15, -0.1) is 0 Å². The predicted molar refractivity (Wildman–Crippen MR) is 66.5 cm³/mol. The highest BCUT2D eigenvalue weighted by Crippen LogP contribution is 2.10. The fourth-order valence-electron chi connectivity index (χ4n) is 1.59. The van der Waals surface area contributed by atoms with Crippen LogP contribution in [-0.4, -0.2) is 10.9 Å². The number of nitrogens with zero attached hydrogens (tertiary/aromatic N) is 2. The Hall–Kier alpha value is -2.81. The maximum absolute atomic E-state index is 13.6. The van der Waals surface area contributed by atoms with Gasteiger partial charge in [-0.25, -0.2) is 9.37 Å². The minimum absolute atomic E-state index is 0.106. The highest BCUT2D eigenvalue weighted by atomic mass is 19.1. The van der Waals surface area contributed by atoms with Gasteiger partial charge in [0.05, 0.1) is 17.2 Å². The van der Waals surface area contributed by atoms with Crippen LogP contribution in [0, 0.1) is 23.1 Å². The SMILES string of the molecule is N#Cc1ccc(CNC(=O)c2cccnc2F)c(F)c1. The van der Waals surface area contributed by atoms with Gasteiger partial charge in [-0.05, 0) is 24.3 Å². The van der Waals surface area contributed by atoms with Crippen LogP contribution in [0.15, 0.2) is 36.5 Å². The third kappa shape index (κ3) is 2.95. The smallest absolute Gasteiger partial charge is 0.256 e. The third-order valence-corrected chi connectivity index (χ3v) is 2.63. The van der Waals surface area contributed by atoms with Crippen LogP contribution in [0.2, 0.25) is 0 Å². The Bertz CT molecular complexity index is 695. The zero-order chi connectivity index (χ0) is 14.5. The monoisotopic (exact) mass is 273 g/mol. The molecule has 100 valence electrons. The Kier molecular flexibility index (Phi) is 4.01. The Morgan fingerprint density at radius 1 is 1.35 bits per heavy atom. The van der Waals surface area contributed by atoms with E-state index in [4.69, 9.17) is 5.26 Å². The predicted octanol–water partition coefficient (Wildman–Crippen LogP) is 2.16. The Balaban J connectivity index is 2.08. The molecule has 1 aromatic carbocycles. The summed E-state index contributed by atoms with van der Waals surface area (Å²) in [5.41, 5.74) is 0.194. The lowest BCUT2D eigenvalue weighted by atomic mass is 10.1. The maximum atomic E-state index is 13.6. The molecule has 1 heterocycles. The van der Waals surface area contributed by atoms with Crippen LogP contribution in [0.3, 0.4) is 0 Å². The van der Waals surface area contributed by atoms with Gasteiger partial charge >= 0.3 is 0 Å². The van der Waals surface area contributed by atoms with Gasteiger partial charge in [0.2, 0.25) is 5.95 Å². The van der Waals surface area contributed by atoms with Gasteiger partial charge in [0, 0.05) is 18.3 Å². The molecular weight excluding hydrogens is 264 g/mol. The normalized spacial score (nSPS) is 9.85. The number of hydrogen-bond donors (Lipinski definition) is 1. The van der Waals surface area contributed by atoms with Crippen molar-refractivity contribution in [1.29, 1.82) is 5.26 Å². The number of rotatable bonds is 3. The molecule has 0 saturated carbocycles. The maximum Gasteiger partial charge on any atom is 0.256 e. The summed E-state index contributed by atoms with van der Waals surface area (Å²) in [5, 5.41) is 11.0. The van der Waals surface area contributed by atoms with Crippen molar-refractivity contribution in [2.45, 2.75) is 6.54 Å². The number of hydrogen-bond acceptors (Lipinski definition) is 3. The van der Waals surface area contributed by atoms with Crippen molar-refractivity contribution in [2.24, 2.45) is 0 Å². The molecule has 1 aromatic heterocycles. The summed E-state index contributed by atoms with van der Waals surface area (Å²) < 4.78 is 26.8. The van der Waals surface area contributed by atoms with Crippen LogP contribution >= 0.6 is 0 Å². The van der Waals surface area contributed by atoms with Crippen LogP contribution in [-0.2, 0) is 6.54 Å². The van der Waals surface area contributed by atoms with Gasteiger partial charge in [0.25, 0.3) is 5.91 Å². The molecule has 0 unspecified atom stereocenters. The second-order valence-corrected chi connectivity index (χ2v) is 3.94. The van der Waals surface area contributed by atoms with E-state index in [1.54, 1.807) is 0 Å². The first-order valence-electron chi connectivity index (χ1n) is 5.69. The number of nitrogens with one attached hydrogen (secondary N) is 1. The number of halogens is 2. The molecule has 0 radical (unpaired) electrons. The molecule has 0 atom stereocenters. The number of carbonyl (C=O) groups excluding carboxylic acids is 1. The number of pyridine rings is 1. The minimum atomic E-state index is -0.884. The van der Waals surface area contributed by atoms with Gasteiger partial charge in [-0.1, -0.05) is 6.07 Å². The largest absolute Gasteiger partial charge is 0.348 e. The van der Waals surface area contributed by atoms with E-state index in [9.17, 15) is 13.6 Å². The standard InChI is InChI=1S/C14H9F2N3O/c15-12-6-9(7-17)3-4-10(12)8-19-14(20)11-2-1-5-18-13(11)16/h1-6H,8H2,(H,19,20). The summed E-state index contributed by atoms with van der Waals surface area (Å²) in [4.78, 5) is 15.1. The Morgan fingerprint density at radius 3 is 2.80 bits per heavy atom.